The van der Waals surface area contributed by atoms with Gasteiger partial charge in [0.05, 0.1) is 7.11 Å². The Hall–Kier alpha value is -0.550. The summed E-state index contributed by atoms with van der Waals surface area (Å²) in [5, 5.41) is 1.46. The summed E-state index contributed by atoms with van der Waals surface area (Å²) in [5.74, 6) is 1.09. The number of unbranched alkanes of at least 4 members (excludes halogenated alkanes) is 2. The molecule has 0 radical (unpaired) electrons. The highest BCUT2D eigenvalue weighted by Crippen LogP contribution is 2.39. The van der Waals surface area contributed by atoms with Gasteiger partial charge in [-0.1, -0.05) is 52.8 Å². The second-order valence-electron chi connectivity index (χ2n) is 4.37. The van der Waals surface area contributed by atoms with Crippen molar-refractivity contribution >= 4 is 13.2 Å². The molecule has 0 atom stereocenters. The van der Waals surface area contributed by atoms with E-state index in [9.17, 15) is 0 Å². The van der Waals surface area contributed by atoms with Crippen LogP contribution in [0.25, 0.3) is 0 Å². The molecule has 0 amide bonds. The third-order valence-electron chi connectivity index (χ3n) is 2.99. The van der Waals surface area contributed by atoms with Crippen LogP contribution in [0.3, 0.4) is 0 Å². The topological polar surface area (TPSA) is 9.23 Å². The normalized spacial score (nSPS) is 10.8. The fourth-order valence-corrected chi connectivity index (χ4v) is 4.82. The maximum Gasteiger partial charge on any atom is 0.126 e. The quantitative estimate of drug-likeness (QED) is 0.623. The van der Waals surface area contributed by atoms with Crippen molar-refractivity contribution in [3.63, 3.8) is 0 Å². The third kappa shape index (κ3) is 4.68. The zero-order valence-corrected chi connectivity index (χ0v) is 12.3. The first-order valence-corrected chi connectivity index (χ1v) is 8.42. The summed E-state index contributed by atoms with van der Waals surface area (Å²) in [5.41, 5.74) is 0. The minimum atomic E-state index is -0.0192. The second kappa shape index (κ2) is 8.53. The number of benzene rings is 1. The van der Waals surface area contributed by atoms with E-state index in [1.165, 1.54) is 43.3 Å². The van der Waals surface area contributed by atoms with Gasteiger partial charge in [-0.15, -0.1) is 0 Å². The summed E-state index contributed by atoms with van der Waals surface area (Å²) in [6.45, 7) is 4.55. The van der Waals surface area contributed by atoms with Gasteiger partial charge < -0.3 is 4.74 Å². The van der Waals surface area contributed by atoms with Gasteiger partial charge in [0.2, 0.25) is 0 Å². The lowest BCUT2D eigenvalue weighted by Gasteiger charge is -2.20. The standard InChI is InChI=1S/C15H25OP/c1-4-6-12-17(13-7-5-2)15-11-9-8-10-14(15)16-3/h8-11H,4-7,12-13H2,1-3H3. The van der Waals surface area contributed by atoms with E-state index < -0.39 is 0 Å². The highest BCUT2D eigenvalue weighted by molar-refractivity contribution is 7.65. The van der Waals surface area contributed by atoms with E-state index in [4.69, 9.17) is 4.74 Å². The van der Waals surface area contributed by atoms with E-state index in [2.05, 4.69) is 38.1 Å². The van der Waals surface area contributed by atoms with Crippen LogP contribution in [0.5, 0.6) is 5.75 Å². The molecule has 0 aliphatic rings. The zero-order valence-electron chi connectivity index (χ0n) is 11.4. The van der Waals surface area contributed by atoms with Crippen LogP contribution >= 0.6 is 7.92 Å². The molecular formula is C15H25OP. The fourth-order valence-electron chi connectivity index (χ4n) is 1.94. The van der Waals surface area contributed by atoms with E-state index in [-0.39, 0.29) is 7.92 Å². The Morgan fingerprint density at radius 1 is 1.00 bits per heavy atom. The minimum absolute atomic E-state index is 0.0192. The lowest BCUT2D eigenvalue weighted by atomic mass is 10.3. The van der Waals surface area contributed by atoms with E-state index in [0.29, 0.717) is 0 Å². The van der Waals surface area contributed by atoms with Crippen LogP contribution in [0, 0.1) is 0 Å². The van der Waals surface area contributed by atoms with Crippen molar-refractivity contribution in [1.82, 2.24) is 0 Å². The molecule has 1 aromatic rings. The molecule has 0 saturated heterocycles. The highest BCUT2D eigenvalue weighted by atomic mass is 31.1. The number of para-hydroxylation sites is 1. The van der Waals surface area contributed by atoms with Gasteiger partial charge in [-0.2, -0.15) is 0 Å². The summed E-state index contributed by atoms with van der Waals surface area (Å²) in [4.78, 5) is 0. The molecule has 96 valence electrons. The Morgan fingerprint density at radius 3 is 2.12 bits per heavy atom. The van der Waals surface area contributed by atoms with Crippen LogP contribution in [0.15, 0.2) is 24.3 Å². The first-order chi connectivity index (χ1) is 8.33. The lowest BCUT2D eigenvalue weighted by molar-refractivity contribution is 0.418. The Balaban J connectivity index is 2.78. The van der Waals surface area contributed by atoms with Gasteiger partial charge >= 0.3 is 0 Å². The SMILES string of the molecule is CCCCP(CCCC)c1ccccc1OC. The van der Waals surface area contributed by atoms with Gasteiger partial charge in [-0.05, 0) is 31.2 Å². The maximum absolute atomic E-state index is 5.50. The lowest BCUT2D eigenvalue weighted by Crippen LogP contribution is -2.09. The van der Waals surface area contributed by atoms with Crippen molar-refractivity contribution < 1.29 is 4.74 Å². The van der Waals surface area contributed by atoms with Gasteiger partial charge in [-0.25, -0.2) is 0 Å². The highest BCUT2D eigenvalue weighted by Gasteiger charge is 2.14. The Kier molecular flexibility index (Phi) is 7.28. The molecule has 1 aromatic carbocycles. The van der Waals surface area contributed by atoms with Crippen molar-refractivity contribution in [3.05, 3.63) is 24.3 Å². The van der Waals surface area contributed by atoms with Crippen molar-refractivity contribution in [2.75, 3.05) is 19.4 Å². The molecule has 0 heterocycles. The van der Waals surface area contributed by atoms with E-state index in [1.54, 1.807) is 7.11 Å². The molecule has 0 aliphatic carbocycles. The summed E-state index contributed by atoms with van der Waals surface area (Å²) < 4.78 is 5.50. The number of rotatable bonds is 8. The van der Waals surface area contributed by atoms with Crippen molar-refractivity contribution in [3.8, 4) is 5.75 Å². The molecule has 0 saturated carbocycles. The molecule has 0 aromatic heterocycles. The molecule has 0 bridgehead atoms. The molecule has 0 unspecified atom stereocenters. The van der Waals surface area contributed by atoms with Crippen LogP contribution in [-0.2, 0) is 0 Å². The molecule has 1 nitrogen and oxygen atoms in total. The number of ether oxygens (including phenoxy) is 1. The smallest absolute Gasteiger partial charge is 0.126 e. The van der Waals surface area contributed by atoms with Crippen molar-refractivity contribution in [2.24, 2.45) is 0 Å². The molecule has 0 spiro atoms. The predicted molar refractivity (Wildman–Crippen MR) is 79.1 cm³/mol. The molecular weight excluding hydrogens is 227 g/mol. The number of hydrogen-bond donors (Lipinski definition) is 0. The van der Waals surface area contributed by atoms with Crippen LogP contribution in [0.1, 0.15) is 39.5 Å². The van der Waals surface area contributed by atoms with Crippen LogP contribution in [0.4, 0.5) is 0 Å². The number of hydrogen-bond acceptors (Lipinski definition) is 1. The van der Waals surface area contributed by atoms with Gasteiger partial charge in [0.1, 0.15) is 5.75 Å². The number of methoxy groups -OCH3 is 1. The van der Waals surface area contributed by atoms with Gasteiger partial charge in [0.25, 0.3) is 0 Å². The monoisotopic (exact) mass is 252 g/mol. The summed E-state index contributed by atoms with van der Waals surface area (Å²) in [7, 11) is 1.76. The van der Waals surface area contributed by atoms with Crippen molar-refractivity contribution in [1.29, 1.82) is 0 Å². The average molecular weight is 252 g/mol. The second-order valence-corrected chi connectivity index (χ2v) is 6.82. The predicted octanol–water partition coefficient (Wildman–Crippen LogP) is 4.40. The first kappa shape index (κ1) is 14.5. The van der Waals surface area contributed by atoms with E-state index in [0.717, 1.165) is 5.75 Å². The maximum atomic E-state index is 5.50. The molecule has 0 fully saturated rings. The molecule has 0 N–H and O–H groups in total. The fraction of sp³-hybridized carbons (Fsp3) is 0.600. The Morgan fingerprint density at radius 2 is 1.59 bits per heavy atom. The summed E-state index contributed by atoms with van der Waals surface area (Å²) in [6, 6.07) is 8.57. The molecule has 17 heavy (non-hydrogen) atoms. The van der Waals surface area contributed by atoms with Crippen LogP contribution < -0.4 is 10.0 Å². The van der Waals surface area contributed by atoms with Crippen molar-refractivity contribution in [2.45, 2.75) is 39.5 Å². The average Bonchev–Trinajstić information content (AvgIpc) is 2.39. The molecule has 1 rings (SSSR count). The van der Waals surface area contributed by atoms with Crippen LogP contribution in [0.2, 0.25) is 0 Å². The first-order valence-electron chi connectivity index (χ1n) is 6.71. The Labute approximate surface area is 107 Å². The molecule has 2 heteroatoms. The van der Waals surface area contributed by atoms with Gasteiger partial charge in [0.15, 0.2) is 0 Å². The zero-order chi connectivity index (χ0) is 12.5. The summed E-state index contributed by atoms with van der Waals surface area (Å²) in [6.07, 6.45) is 7.97. The van der Waals surface area contributed by atoms with Gasteiger partial charge in [0, 0.05) is 5.30 Å². The van der Waals surface area contributed by atoms with Crippen LogP contribution in [-0.4, -0.2) is 19.4 Å². The minimum Gasteiger partial charge on any atom is -0.496 e. The Bertz CT molecular complexity index is 304. The van der Waals surface area contributed by atoms with E-state index in [1.807, 2.05) is 0 Å². The molecule has 0 aliphatic heterocycles. The third-order valence-corrected chi connectivity index (χ3v) is 5.75. The van der Waals surface area contributed by atoms with Gasteiger partial charge in [-0.3, -0.25) is 0 Å². The summed E-state index contributed by atoms with van der Waals surface area (Å²) >= 11 is 0. The largest absolute Gasteiger partial charge is 0.496 e. The van der Waals surface area contributed by atoms with E-state index >= 15 is 0 Å².